The van der Waals surface area contributed by atoms with Crippen LogP contribution in [0, 0.1) is 0 Å². The van der Waals surface area contributed by atoms with Gasteiger partial charge < -0.3 is 4.98 Å². The molecule has 0 bridgehead atoms. The molecule has 1 N–H and O–H groups in total. The Labute approximate surface area is 104 Å². The van der Waals surface area contributed by atoms with Crippen molar-refractivity contribution in [2.75, 3.05) is 0 Å². The van der Waals surface area contributed by atoms with Crippen LogP contribution in [0.2, 0.25) is 5.02 Å². The van der Waals surface area contributed by atoms with Gasteiger partial charge >= 0.3 is 12.3 Å². The number of Topliss-reactive ketones (excluding diaryl/α,β-unsaturated/α-hetero) is 1. The normalized spacial score (nSPS) is 12.3. The molecule has 0 unspecified atom stereocenters. The van der Waals surface area contributed by atoms with Crippen LogP contribution < -0.4 is 0 Å². The first kappa shape index (κ1) is 12.9. The zero-order valence-corrected chi connectivity index (χ0v) is 9.44. The van der Waals surface area contributed by atoms with E-state index in [0.717, 1.165) is 6.20 Å². The van der Waals surface area contributed by atoms with E-state index in [9.17, 15) is 22.4 Å². The lowest BCUT2D eigenvalue weighted by Gasteiger charge is -2.12. The molecule has 0 saturated carbocycles. The zero-order valence-electron chi connectivity index (χ0n) is 8.68. The summed E-state index contributed by atoms with van der Waals surface area (Å²) < 4.78 is 50.2. The molecule has 7 heteroatoms. The number of halogens is 5. The Kier molecular flexibility index (Phi) is 3.06. The molecule has 18 heavy (non-hydrogen) atoms. The number of rotatable bonds is 3. The first-order valence-electron chi connectivity index (χ1n) is 4.81. The smallest absolute Gasteiger partial charge is 0.360 e. The average molecular weight is 280 g/mol. The number of aromatic nitrogens is 1. The van der Waals surface area contributed by atoms with Gasteiger partial charge in [0, 0.05) is 27.7 Å². The number of benzene rings is 1. The van der Waals surface area contributed by atoms with E-state index in [1.807, 2.05) is 0 Å². The largest absolute Gasteiger partial charge is 0.368 e. The van der Waals surface area contributed by atoms with Gasteiger partial charge in [-0.3, -0.25) is 4.79 Å². The molecule has 0 radical (unpaired) electrons. The fourth-order valence-corrected chi connectivity index (χ4v) is 1.73. The summed E-state index contributed by atoms with van der Waals surface area (Å²) >= 11 is 5.67. The van der Waals surface area contributed by atoms with E-state index in [1.54, 1.807) is 0 Å². The Morgan fingerprint density at radius 2 is 2.00 bits per heavy atom. The minimum Gasteiger partial charge on any atom is -0.360 e. The number of H-pyrrole nitrogens is 1. The zero-order chi connectivity index (χ0) is 13.5. The first-order chi connectivity index (χ1) is 8.34. The van der Waals surface area contributed by atoms with Gasteiger partial charge in [-0.2, -0.15) is 8.78 Å². The molecule has 2 nitrogen and oxygen atoms in total. The lowest BCUT2D eigenvalue weighted by Crippen LogP contribution is -2.36. The molecule has 0 amide bonds. The molecule has 0 saturated heterocycles. The third-order valence-electron chi connectivity index (χ3n) is 2.47. The number of hydrogen-bond acceptors (Lipinski definition) is 1. The van der Waals surface area contributed by atoms with Gasteiger partial charge in [0.25, 0.3) is 0 Å². The number of aromatic amines is 1. The van der Waals surface area contributed by atoms with E-state index in [-0.39, 0.29) is 10.4 Å². The van der Waals surface area contributed by atoms with Crippen molar-refractivity contribution in [3.63, 3.8) is 0 Å². The topological polar surface area (TPSA) is 32.9 Å². The highest BCUT2D eigenvalue weighted by atomic mass is 35.5. The Balaban J connectivity index is 2.55. The Morgan fingerprint density at radius 3 is 2.61 bits per heavy atom. The van der Waals surface area contributed by atoms with Gasteiger partial charge in [0.05, 0.1) is 0 Å². The van der Waals surface area contributed by atoms with Crippen LogP contribution >= 0.6 is 11.6 Å². The van der Waals surface area contributed by atoms with Crippen LogP contribution in [0.5, 0.6) is 0 Å². The van der Waals surface area contributed by atoms with Crippen molar-refractivity contribution in [2.45, 2.75) is 12.3 Å². The molecule has 1 aromatic heterocycles. The summed E-state index contributed by atoms with van der Waals surface area (Å²) in [5.74, 6) is -6.64. The lowest BCUT2D eigenvalue weighted by molar-refractivity contribution is -0.0957. The molecule has 0 atom stereocenters. The number of fused-ring (bicyclic) bond motifs is 1. The summed E-state index contributed by atoms with van der Waals surface area (Å²) in [4.78, 5) is 14.0. The average Bonchev–Trinajstić information content (AvgIpc) is 2.70. The monoisotopic (exact) mass is 279 g/mol. The minimum absolute atomic E-state index is 0.0906. The summed E-state index contributed by atoms with van der Waals surface area (Å²) in [5, 5.41) is 0.310. The number of alkyl halides is 4. The second-order valence-electron chi connectivity index (χ2n) is 3.65. The number of carbonyl (C=O) groups excluding carboxylic acids is 1. The van der Waals surface area contributed by atoms with E-state index in [4.69, 9.17) is 11.6 Å². The molecule has 1 aromatic carbocycles. The summed E-state index contributed by atoms with van der Waals surface area (Å²) in [6.45, 7) is 0. The molecular weight excluding hydrogens is 274 g/mol. The predicted molar refractivity (Wildman–Crippen MR) is 58.6 cm³/mol. The van der Waals surface area contributed by atoms with Crippen molar-refractivity contribution in [2.24, 2.45) is 0 Å². The van der Waals surface area contributed by atoms with Crippen LogP contribution in [0.4, 0.5) is 17.6 Å². The Morgan fingerprint density at radius 1 is 1.33 bits per heavy atom. The van der Waals surface area contributed by atoms with E-state index < -0.39 is 23.7 Å². The molecule has 2 aromatic rings. The first-order valence-corrected chi connectivity index (χ1v) is 5.19. The molecule has 1 heterocycles. The fourth-order valence-electron chi connectivity index (χ4n) is 1.56. The number of hydrogen-bond donors (Lipinski definition) is 1. The highest BCUT2D eigenvalue weighted by Crippen LogP contribution is 2.31. The van der Waals surface area contributed by atoms with Crippen LogP contribution in [-0.4, -0.2) is 23.1 Å². The second-order valence-corrected chi connectivity index (χ2v) is 4.08. The fraction of sp³-hybridized carbons (Fsp3) is 0.182. The van der Waals surface area contributed by atoms with Gasteiger partial charge in [-0.05, 0) is 18.2 Å². The van der Waals surface area contributed by atoms with Crippen molar-refractivity contribution in [1.29, 1.82) is 0 Å². The van der Waals surface area contributed by atoms with E-state index in [2.05, 4.69) is 4.98 Å². The summed E-state index contributed by atoms with van der Waals surface area (Å²) in [6.07, 6.45) is -3.08. The van der Waals surface area contributed by atoms with Crippen LogP contribution in [-0.2, 0) is 0 Å². The number of ketones is 1. The third-order valence-corrected chi connectivity index (χ3v) is 2.70. The Hall–Kier alpha value is -1.56. The molecular formula is C11H6ClF4NO. The van der Waals surface area contributed by atoms with E-state index in [0.29, 0.717) is 5.52 Å². The van der Waals surface area contributed by atoms with Gasteiger partial charge in [0.15, 0.2) is 0 Å². The Bertz CT molecular complexity index is 608. The second kappa shape index (κ2) is 4.28. The molecule has 0 aliphatic heterocycles. The number of nitrogens with one attached hydrogen (secondary N) is 1. The molecule has 0 aliphatic rings. The molecule has 0 aliphatic carbocycles. The van der Waals surface area contributed by atoms with Crippen molar-refractivity contribution in [3.05, 3.63) is 35.0 Å². The summed E-state index contributed by atoms with van der Waals surface area (Å²) in [5.41, 5.74) is -0.134. The van der Waals surface area contributed by atoms with Crippen molar-refractivity contribution in [1.82, 2.24) is 4.98 Å². The van der Waals surface area contributed by atoms with E-state index in [1.165, 1.54) is 18.2 Å². The third kappa shape index (κ3) is 1.96. The standard InChI is InChI=1S/C11H6ClF4NO/c12-5-1-2-8-6(3-5)7(4-17-8)9(18)11(15,16)10(13)14/h1-4,10,17H. The molecule has 0 fully saturated rings. The van der Waals surface area contributed by atoms with Gasteiger partial charge in [-0.1, -0.05) is 11.6 Å². The van der Waals surface area contributed by atoms with Crippen molar-refractivity contribution >= 4 is 28.3 Å². The van der Waals surface area contributed by atoms with Gasteiger partial charge in [-0.15, -0.1) is 0 Å². The SMILES string of the molecule is O=C(c1c[nH]c2ccc(Cl)cc12)C(F)(F)C(F)F. The van der Waals surface area contributed by atoms with Crippen LogP contribution in [0.25, 0.3) is 10.9 Å². The highest BCUT2D eigenvalue weighted by molar-refractivity contribution is 6.31. The van der Waals surface area contributed by atoms with Crippen LogP contribution in [0.3, 0.4) is 0 Å². The lowest BCUT2D eigenvalue weighted by atomic mass is 10.0. The maximum atomic E-state index is 13.0. The molecule has 96 valence electrons. The van der Waals surface area contributed by atoms with Crippen LogP contribution in [0.1, 0.15) is 10.4 Å². The van der Waals surface area contributed by atoms with Gasteiger partial charge in [-0.25, -0.2) is 8.78 Å². The molecule has 2 rings (SSSR count). The van der Waals surface area contributed by atoms with Gasteiger partial charge in [0.2, 0.25) is 5.78 Å². The highest BCUT2D eigenvalue weighted by Gasteiger charge is 2.49. The number of carbonyl (C=O) groups is 1. The maximum absolute atomic E-state index is 13.0. The molecule has 0 spiro atoms. The predicted octanol–water partition coefficient (Wildman–Crippen LogP) is 3.90. The van der Waals surface area contributed by atoms with Crippen LogP contribution in [0.15, 0.2) is 24.4 Å². The van der Waals surface area contributed by atoms with Crippen molar-refractivity contribution < 1.29 is 22.4 Å². The summed E-state index contributed by atoms with van der Waals surface area (Å²) in [6, 6.07) is 4.22. The quantitative estimate of drug-likeness (QED) is 0.671. The maximum Gasteiger partial charge on any atom is 0.368 e. The summed E-state index contributed by atoms with van der Waals surface area (Å²) in [7, 11) is 0. The minimum atomic E-state index is -4.71. The van der Waals surface area contributed by atoms with Crippen molar-refractivity contribution in [3.8, 4) is 0 Å². The van der Waals surface area contributed by atoms with E-state index >= 15 is 0 Å². The van der Waals surface area contributed by atoms with Gasteiger partial charge in [0.1, 0.15) is 0 Å².